The van der Waals surface area contributed by atoms with Gasteiger partial charge in [0.15, 0.2) is 0 Å². The number of para-hydroxylation sites is 1. The Hall–Kier alpha value is -2.30. The van der Waals surface area contributed by atoms with Gasteiger partial charge in [-0.05, 0) is 18.1 Å². The first-order valence-electron chi connectivity index (χ1n) is 6.15. The van der Waals surface area contributed by atoms with Gasteiger partial charge in [-0.1, -0.05) is 18.2 Å². The first-order chi connectivity index (χ1) is 9.08. The second-order valence-electron chi connectivity index (χ2n) is 4.58. The van der Waals surface area contributed by atoms with Crippen LogP contribution in [0.5, 0.6) is 0 Å². The van der Waals surface area contributed by atoms with Gasteiger partial charge in [0.25, 0.3) is 0 Å². The molecular formula is C14H17N3O2. The van der Waals surface area contributed by atoms with E-state index in [1.807, 2.05) is 30.5 Å². The molecular weight excluding hydrogens is 242 g/mol. The third-order valence-corrected chi connectivity index (χ3v) is 3.10. The van der Waals surface area contributed by atoms with Crippen molar-refractivity contribution < 1.29 is 9.59 Å². The van der Waals surface area contributed by atoms with E-state index in [1.54, 1.807) is 7.05 Å². The summed E-state index contributed by atoms with van der Waals surface area (Å²) in [6, 6.07) is 7.97. The van der Waals surface area contributed by atoms with Crippen molar-refractivity contribution in [1.82, 2.24) is 9.88 Å². The zero-order valence-corrected chi connectivity index (χ0v) is 10.8. The maximum Gasteiger partial charge on any atom is 0.237 e. The highest BCUT2D eigenvalue weighted by Crippen LogP contribution is 2.19. The number of fused-ring (bicyclic) bond motifs is 1. The molecule has 0 bridgehead atoms. The fraction of sp³-hybridized carbons (Fsp3) is 0.286. The molecule has 2 amide bonds. The Morgan fingerprint density at radius 2 is 2.05 bits per heavy atom. The predicted molar refractivity (Wildman–Crippen MR) is 73.5 cm³/mol. The number of aromatic amines is 1. The average Bonchev–Trinajstić information content (AvgIpc) is 2.78. The van der Waals surface area contributed by atoms with Crippen LogP contribution in [0.4, 0.5) is 0 Å². The summed E-state index contributed by atoms with van der Waals surface area (Å²) in [5, 5.41) is 1.13. The van der Waals surface area contributed by atoms with Crippen LogP contribution in [0.15, 0.2) is 30.5 Å². The molecule has 2 rings (SSSR count). The number of H-pyrrole nitrogens is 1. The highest BCUT2D eigenvalue weighted by Gasteiger charge is 2.12. The van der Waals surface area contributed by atoms with E-state index in [0.29, 0.717) is 12.8 Å². The second kappa shape index (κ2) is 5.56. The number of likely N-dealkylation sites (N-methyl/N-ethyl adjacent to an activating group) is 1. The van der Waals surface area contributed by atoms with Crippen molar-refractivity contribution >= 4 is 22.7 Å². The quantitative estimate of drug-likeness (QED) is 0.841. The van der Waals surface area contributed by atoms with Crippen molar-refractivity contribution in [2.75, 3.05) is 13.6 Å². The van der Waals surface area contributed by atoms with Gasteiger partial charge in [-0.15, -0.1) is 0 Å². The predicted octanol–water partition coefficient (Wildman–Crippen LogP) is 1.04. The molecule has 1 aromatic carbocycles. The smallest absolute Gasteiger partial charge is 0.237 e. The number of primary amides is 1. The van der Waals surface area contributed by atoms with E-state index < -0.39 is 5.91 Å². The standard InChI is InChI=1S/C14H17N3O2/c1-17(9-13(15)18)14(19)7-6-10-8-16-12-5-3-2-4-11(10)12/h2-5,8,16H,6-7,9H2,1H3,(H2,15,18). The highest BCUT2D eigenvalue weighted by molar-refractivity contribution is 5.85. The summed E-state index contributed by atoms with van der Waals surface area (Å²) in [5.41, 5.74) is 7.23. The number of benzene rings is 1. The number of nitrogens with two attached hydrogens (primary N) is 1. The summed E-state index contributed by atoms with van der Waals surface area (Å²) in [6.45, 7) is -0.0350. The summed E-state index contributed by atoms with van der Waals surface area (Å²) in [4.78, 5) is 27.1. The van der Waals surface area contributed by atoms with Crippen LogP contribution in [-0.4, -0.2) is 35.3 Å². The molecule has 0 fully saturated rings. The molecule has 19 heavy (non-hydrogen) atoms. The minimum absolute atomic E-state index is 0.0350. The number of carbonyl (C=O) groups is 2. The Morgan fingerprint density at radius 1 is 1.32 bits per heavy atom. The van der Waals surface area contributed by atoms with Crippen molar-refractivity contribution in [3.8, 4) is 0 Å². The number of amides is 2. The summed E-state index contributed by atoms with van der Waals surface area (Å²) in [5.74, 6) is -0.577. The van der Waals surface area contributed by atoms with Crippen molar-refractivity contribution in [1.29, 1.82) is 0 Å². The maximum absolute atomic E-state index is 11.8. The zero-order chi connectivity index (χ0) is 13.8. The van der Waals surface area contributed by atoms with Crippen LogP contribution >= 0.6 is 0 Å². The van der Waals surface area contributed by atoms with E-state index in [4.69, 9.17) is 5.73 Å². The average molecular weight is 259 g/mol. The fourth-order valence-corrected chi connectivity index (χ4v) is 2.09. The van der Waals surface area contributed by atoms with Gasteiger partial charge < -0.3 is 15.6 Å². The molecule has 0 radical (unpaired) electrons. The Labute approximate surface area is 111 Å². The first kappa shape index (κ1) is 13.1. The second-order valence-corrected chi connectivity index (χ2v) is 4.58. The largest absolute Gasteiger partial charge is 0.368 e. The number of hydrogen-bond acceptors (Lipinski definition) is 2. The number of carbonyl (C=O) groups excluding carboxylic acids is 2. The van der Waals surface area contributed by atoms with Gasteiger partial charge in [-0.2, -0.15) is 0 Å². The van der Waals surface area contributed by atoms with Gasteiger partial charge in [0.2, 0.25) is 11.8 Å². The number of aryl methyl sites for hydroxylation is 1. The van der Waals surface area contributed by atoms with E-state index >= 15 is 0 Å². The number of hydrogen-bond donors (Lipinski definition) is 2. The number of nitrogens with zero attached hydrogens (tertiary/aromatic N) is 1. The number of nitrogens with one attached hydrogen (secondary N) is 1. The Kier molecular flexibility index (Phi) is 3.85. The van der Waals surface area contributed by atoms with Crippen LogP contribution in [-0.2, 0) is 16.0 Å². The van der Waals surface area contributed by atoms with E-state index in [-0.39, 0.29) is 12.5 Å². The third-order valence-electron chi connectivity index (χ3n) is 3.10. The Balaban J connectivity index is 1.99. The van der Waals surface area contributed by atoms with E-state index in [9.17, 15) is 9.59 Å². The molecule has 0 aliphatic carbocycles. The molecule has 0 spiro atoms. The number of aromatic nitrogens is 1. The molecule has 0 saturated carbocycles. The van der Waals surface area contributed by atoms with Crippen LogP contribution < -0.4 is 5.73 Å². The van der Waals surface area contributed by atoms with Gasteiger partial charge in [0.1, 0.15) is 0 Å². The molecule has 5 nitrogen and oxygen atoms in total. The molecule has 100 valence electrons. The van der Waals surface area contributed by atoms with Crippen molar-refractivity contribution in [3.05, 3.63) is 36.0 Å². The normalized spacial score (nSPS) is 10.6. The van der Waals surface area contributed by atoms with E-state index in [2.05, 4.69) is 4.98 Å². The molecule has 2 aromatic rings. The van der Waals surface area contributed by atoms with Crippen LogP contribution in [0.2, 0.25) is 0 Å². The van der Waals surface area contributed by atoms with Gasteiger partial charge in [-0.25, -0.2) is 0 Å². The SMILES string of the molecule is CN(CC(N)=O)C(=O)CCc1c[nH]c2ccccc12. The van der Waals surface area contributed by atoms with Crippen LogP contribution in [0.25, 0.3) is 10.9 Å². The lowest BCUT2D eigenvalue weighted by Crippen LogP contribution is -2.35. The molecule has 0 unspecified atom stereocenters. The van der Waals surface area contributed by atoms with Gasteiger partial charge in [-0.3, -0.25) is 9.59 Å². The molecule has 3 N–H and O–H groups in total. The van der Waals surface area contributed by atoms with Crippen LogP contribution in [0.3, 0.4) is 0 Å². The molecule has 1 aromatic heterocycles. The molecule has 5 heteroatoms. The summed E-state index contributed by atoms with van der Waals surface area (Å²) in [6.07, 6.45) is 2.93. The fourth-order valence-electron chi connectivity index (χ4n) is 2.09. The molecule has 0 aliphatic heterocycles. The van der Waals surface area contributed by atoms with Crippen molar-refractivity contribution in [3.63, 3.8) is 0 Å². The molecule has 0 aliphatic rings. The van der Waals surface area contributed by atoms with Crippen molar-refractivity contribution in [2.24, 2.45) is 5.73 Å². The molecule has 1 heterocycles. The van der Waals surface area contributed by atoms with E-state index in [0.717, 1.165) is 16.5 Å². The Morgan fingerprint density at radius 3 is 2.79 bits per heavy atom. The van der Waals surface area contributed by atoms with Crippen molar-refractivity contribution in [2.45, 2.75) is 12.8 Å². The lowest BCUT2D eigenvalue weighted by atomic mass is 10.1. The summed E-state index contributed by atoms with van der Waals surface area (Å²) < 4.78 is 0. The topological polar surface area (TPSA) is 79.2 Å². The summed E-state index contributed by atoms with van der Waals surface area (Å²) in [7, 11) is 1.59. The van der Waals surface area contributed by atoms with Crippen LogP contribution in [0, 0.1) is 0 Å². The first-order valence-corrected chi connectivity index (χ1v) is 6.15. The van der Waals surface area contributed by atoms with Crippen LogP contribution in [0.1, 0.15) is 12.0 Å². The monoisotopic (exact) mass is 259 g/mol. The minimum atomic E-state index is -0.497. The molecule has 0 atom stereocenters. The lowest BCUT2D eigenvalue weighted by molar-refractivity contribution is -0.133. The van der Waals surface area contributed by atoms with Gasteiger partial charge >= 0.3 is 0 Å². The van der Waals surface area contributed by atoms with Gasteiger partial charge in [0.05, 0.1) is 6.54 Å². The van der Waals surface area contributed by atoms with E-state index in [1.165, 1.54) is 4.90 Å². The number of rotatable bonds is 5. The van der Waals surface area contributed by atoms with Gasteiger partial charge in [0, 0.05) is 30.6 Å². The highest BCUT2D eigenvalue weighted by atomic mass is 16.2. The zero-order valence-electron chi connectivity index (χ0n) is 10.8. The lowest BCUT2D eigenvalue weighted by Gasteiger charge is -2.14. The minimum Gasteiger partial charge on any atom is -0.368 e. The summed E-state index contributed by atoms with van der Waals surface area (Å²) >= 11 is 0. The maximum atomic E-state index is 11.8. The Bertz CT molecular complexity index is 604. The molecule has 0 saturated heterocycles. The third kappa shape index (κ3) is 3.13.